The molecule has 1 nitrogen and oxygen atoms in total. The molecule has 1 aromatic rings. The van der Waals surface area contributed by atoms with Crippen molar-refractivity contribution in [2.24, 2.45) is 5.41 Å². The number of aliphatic hydroxyl groups is 1. The van der Waals surface area contributed by atoms with Crippen molar-refractivity contribution in [3.63, 3.8) is 0 Å². The maximum absolute atomic E-state index is 10.9. The van der Waals surface area contributed by atoms with Crippen LogP contribution >= 0.6 is 39.0 Å². The van der Waals surface area contributed by atoms with E-state index in [1.54, 1.807) is 11.3 Å². The number of halogens is 1. The largest absolute Gasteiger partial charge is 0.388 e. The lowest BCUT2D eigenvalue weighted by Gasteiger charge is -2.46. The molecule has 0 saturated carbocycles. The molecule has 2 heterocycles. The van der Waals surface area contributed by atoms with Crippen molar-refractivity contribution in [3.05, 3.63) is 20.8 Å². The zero-order valence-electron chi connectivity index (χ0n) is 9.62. The molecule has 2 rings (SSSR count). The summed E-state index contributed by atoms with van der Waals surface area (Å²) in [6, 6.07) is 2.06. The molecule has 1 aromatic heterocycles. The summed E-state index contributed by atoms with van der Waals surface area (Å²) in [5, 5.41) is 12.9. The molecule has 1 unspecified atom stereocenters. The Bertz CT molecular complexity index is 375. The zero-order chi connectivity index (χ0) is 11.8. The van der Waals surface area contributed by atoms with E-state index in [2.05, 4.69) is 41.2 Å². The van der Waals surface area contributed by atoms with Crippen LogP contribution in [0.3, 0.4) is 0 Å². The maximum Gasteiger partial charge on any atom is 0.0836 e. The highest BCUT2D eigenvalue weighted by Crippen LogP contribution is 2.45. The number of hydrogen-bond donors (Lipinski definition) is 1. The fraction of sp³-hybridized carbons (Fsp3) is 0.667. The topological polar surface area (TPSA) is 20.2 Å². The van der Waals surface area contributed by atoms with Gasteiger partial charge >= 0.3 is 0 Å². The van der Waals surface area contributed by atoms with Crippen LogP contribution in [0.2, 0.25) is 0 Å². The average molecular weight is 321 g/mol. The van der Waals surface area contributed by atoms with Crippen molar-refractivity contribution >= 4 is 39.0 Å². The summed E-state index contributed by atoms with van der Waals surface area (Å²) in [6.45, 7) is 4.38. The molecule has 0 amide bonds. The molecule has 90 valence electrons. The quantitative estimate of drug-likeness (QED) is 0.890. The van der Waals surface area contributed by atoms with Gasteiger partial charge < -0.3 is 5.11 Å². The minimum Gasteiger partial charge on any atom is -0.388 e. The normalized spacial score (nSPS) is 29.2. The Morgan fingerprint density at radius 2 is 2.25 bits per heavy atom. The minimum absolute atomic E-state index is 0.0156. The molecule has 1 atom stereocenters. The van der Waals surface area contributed by atoms with Crippen molar-refractivity contribution in [1.82, 2.24) is 0 Å². The van der Waals surface area contributed by atoms with Crippen LogP contribution in [-0.2, 0) is 6.42 Å². The Kier molecular flexibility index (Phi) is 3.75. The van der Waals surface area contributed by atoms with Gasteiger partial charge in [-0.2, -0.15) is 11.8 Å². The minimum atomic E-state index is -0.566. The molecule has 0 aliphatic carbocycles. The van der Waals surface area contributed by atoms with E-state index in [-0.39, 0.29) is 5.41 Å². The van der Waals surface area contributed by atoms with Crippen LogP contribution < -0.4 is 0 Å². The van der Waals surface area contributed by atoms with Gasteiger partial charge in [0.1, 0.15) is 0 Å². The van der Waals surface area contributed by atoms with Crippen LogP contribution in [0.15, 0.2) is 15.9 Å². The lowest BCUT2D eigenvalue weighted by atomic mass is 9.71. The summed E-state index contributed by atoms with van der Waals surface area (Å²) in [7, 11) is 0. The highest BCUT2D eigenvalue weighted by Gasteiger charge is 2.45. The summed E-state index contributed by atoms with van der Waals surface area (Å²) in [5.74, 6) is 2.02. The molecule has 0 radical (unpaired) electrons. The molecule has 1 saturated heterocycles. The van der Waals surface area contributed by atoms with Gasteiger partial charge in [0.25, 0.3) is 0 Å². The van der Waals surface area contributed by atoms with Gasteiger partial charge in [-0.25, -0.2) is 0 Å². The van der Waals surface area contributed by atoms with Gasteiger partial charge in [-0.3, -0.25) is 0 Å². The van der Waals surface area contributed by atoms with Crippen LogP contribution in [0.1, 0.15) is 25.1 Å². The van der Waals surface area contributed by atoms with Gasteiger partial charge in [-0.15, -0.1) is 11.3 Å². The first-order valence-electron chi connectivity index (χ1n) is 5.47. The monoisotopic (exact) mass is 320 g/mol. The summed E-state index contributed by atoms with van der Waals surface area (Å²) >= 11 is 7.14. The second kappa shape index (κ2) is 4.63. The molecular formula is C12H17BrOS2. The van der Waals surface area contributed by atoms with Crippen molar-refractivity contribution in [1.29, 1.82) is 0 Å². The lowest BCUT2D eigenvalue weighted by molar-refractivity contribution is -0.0508. The third kappa shape index (κ3) is 2.35. The molecular weight excluding hydrogens is 304 g/mol. The first kappa shape index (κ1) is 12.9. The second-order valence-corrected chi connectivity index (χ2v) is 8.05. The Labute approximate surface area is 114 Å². The van der Waals surface area contributed by atoms with E-state index < -0.39 is 5.60 Å². The van der Waals surface area contributed by atoms with Crippen molar-refractivity contribution in [3.8, 4) is 0 Å². The fourth-order valence-corrected chi connectivity index (χ4v) is 5.23. The summed E-state index contributed by atoms with van der Waals surface area (Å²) < 4.78 is 1.14. The van der Waals surface area contributed by atoms with E-state index in [0.29, 0.717) is 0 Å². The smallest absolute Gasteiger partial charge is 0.0836 e. The van der Waals surface area contributed by atoms with Gasteiger partial charge in [0.2, 0.25) is 0 Å². The van der Waals surface area contributed by atoms with E-state index >= 15 is 0 Å². The van der Waals surface area contributed by atoms with E-state index in [1.165, 1.54) is 10.6 Å². The van der Waals surface area contributed by atoms with Gasteiger partial charge in [0.05, 0.1) is 5.60 Å². The van der Waals surface area contributed by atoms with Crippen molar-refractivity contribution in [2.45, 2.75) is 32.3 Å². The Morgan fingerprint density at radius 1 is 1.50 bits per heavy atom. The van der Waals surface area contributed by atoms with Crippen LogP contribution in [0.5, 0.6) is 0 Å². The first-order chi connectivity index (χ1) is 7.45. The van der Waals surface area contributed by atoms with Crippen molar-refractivity contribution in [2.75, 3.05) is 11.5 Å². The number of thiophene rings is 1. The van der Waals surface area contributed by atoms with Gasteiger partial charge in [-0.1, -0.05) is 13.8 Å². The molecule has 0 bridgehead atoms. The van der Waals surface area contributed by atoms with E-state index in [4.69, 9.17) is 0 Å². The Hall–Kier alpha value is 0.490. The number of thioether (sulfide) groups is 1. The third-order valence-corrected chi connectivity index (χ3v) is 6.72. The molecule has 1 fully saturated rings. The number of rotatable bonds is 2. The Balaban J connectivity index is 2.21. The maximum atomic E-state index is 10.9. The highest BCUT2D eigenvalue weighted by atomic mass is 79.9. The summed E-state index contributed by atoms with van der Waals surface area (Å²) in [4.78, 5) is 1.26. The summed E-state index contributed by atoms with van der Waals surface area (Å²) in [6.07, 6.45) is 1.86. The predicted octanol–water partition coefficient (Wildman–Crippen LogP) is 3.95. The molecule has 16 heavy (non-hydrogen) atoms. The van der Waals surface area contributed by atoms with Crippen LogP contribution in [0.4, 0.5) is 0 Å². The third-order valence-electron chi connectivity index (χ3n) is 3.62. The second-order valence-electron chi connectivity index (χ2n) is 5.09. The standard InChI is InChI=1S/C12H17BrOS2/c1-11(2)4-6-15-8-12(11,14)7-10-9(13)3-5-16-10/h3,5,14H,4,6-8H2,1-2H3. The number of hydrogen-bond acceptors (Lipinski definition) is 3. The molecule has 1 N–H and O–H groups in total. The molecule has 0 spiro atoms. The van der Waals surface area contributed by atoms with Crippen LogP contribution in [0.25, 0.3) is 0 Å². The molecule has 1 aliphatic rings. The Morgan fingerprint density at radius 3 is 2.81 bits per heavy atom. The van der Waals surface area contributed by atoms with Gasteiger partial charge in [0.15, 0.2) is 0 Å². The average Bonchev–Trinajstić information content (AvgIpc) is 2.58. The first-order valence-corrected chi connectivity index (χ1v) is 8.29. The van der Waals surface area contributed by atoms with Gasteiger partial charge in [0, 0.05) is 21.5 Å². The van der Waals surface area contributed by atoms with Crippen molar-refractivity contribution < 1.29 is 5.11 Å². The van der Waals surface area contributed by atoms with Crippen LogP contribution in [0, 0.1) is 5.41 Å². The van der Waals surface area contributed by atoms with E-state index in [9.17, 15) is 5.11 Å². The van der Waals surface area contributed by atoms with E-state index in [0.717, 1.165) is 23.1 Å². The molecule has 4 heteroatoms. The zero-order valence-corrected chi connectivity index (χ0v) is 12.8. The molecule has 0 aromatic carbocycles. The summed E-state index contributed by atoms with van der Waals surface area (Å²) in [5.41, 5.74) is -0.551. The van der Waals surface area contributed by atoms with Crippen LogP contribution in [-0.4, -0.2) is 22.2 Å². The fourth-order valence-electron chi connectivity index (χ4n) is 2.00. The van der Waals surface area contributed by atoms with E-state index in [1.807, 2.05) is 11.8 Å². The molecule has 1 aliphatic heterocycles. The predicted molar refractivity (Wildman–Crippen MR) is 76.4 cm³/mol. The highest BCUT2D eigenvalue weighted by molar-refractivity contribution is 9.10. The van der Waals surface area contributed by atoms with Gasteiger partial charge in [-0.05, 0) is 45.0 Å². The lowest BCUT2D eigenvalue weighted by Crippen LogP contribution is -2.51. The SMILES string of the molecule is CC1(C)CCSCC1(O)Cc1sccc1Br.